The van der Waals surface area contributed by atoms with Gasteiger partial charge in [-0.05, 0) is 24.3 Å². The van der Waals surface area contributed by atoms with Crippen molar-refractivity contribution < 1.29 is 14.9 Å². The van der Waals surface area contributed by atoms with Gasteiger partial charge in [-0.15, -0.1) is 0 Å². The quantitative estimate of drug-likeness (QED) is 0.460. The normalized spacial score (nSPS) is 9.81. The lowest BCUT2D eigenvalue weighted by molar-refractivity contribution is 0.412. The number of methoxy groups -OCH3 is 1. The van der Waals surface area contributed by atoms with Crippen molar-refractivity contribution in [3.63, 3.8) is 0 Å². The zero-order chi connectivity index (χ0) is 16.2. The third kappa shape index (κ3) is 4.63. The molecule has 2 aromatic carbocycles. The third-order valence-corrected chi connectivity index (χ3v) is 4.52. The summed E-state index contributed by atoms with van der Waals surface area (Å²) < 4.78 is 4.86. The van der Waals surface area contributed by atoms with Gasteiger partial charge < -0.3 is 14.9 Å². The lowest BCUT2D eigenvalue weighted by atomic mass is 10.3. The van der Waals surface area contributed by atoms with Crippen LogP contribution in [0.25, 0.3) is 0 Å². The van der Waals surface area contributed by atoms with Crippen LogP contribution in [0.1, 0.15) is 0 Å². The molecule has 0 bridgehead atoms. The second-order valence-corrected chi connectivity index (χ2v) is 5.51. The Morgan fingerprint density at radius 1 is 0.714 bits per heavy atom. The molecule has 0 unspecified atom stereocenters. The van der Waals surface area contributed by atoms with E-state index >= 15 is 0 Å². The van der Waals surface area contributed by atoms with Gasteiger partial charge in [0.1, 0.15) is 21.5 Å². The van der Waals surface area contributed by atoms with E-state index in [2.05, 4.69) is 0 Å². The molecule has 21 heavy (non-hydrogen) atoms. The summed E-state index contributed by atoms with van der Waals surface area (Å²) in [6.07, 6.45) is 0. The molecule has 2 aromatic rings. The lowest BCUT2D eigenvalue weighted by Crippen LogP contribution is -1.79. The van der Waals surface area contributed by atoms with Crippen molar-refractivity contribution in [3.05, 3.63) is 49.4 Å². The Morgan fingerprint density at radius 2 is 1.10 bits per heavy atom. The molecule has 0 atom stereocenters. The summed E-state index contributed by atoms with van der Waals surface area (Å²) in [4.78, 5) is 0. The average molecular weight is 390 g/mol. The lowest BCUT2D eigenvalue weighted by Gasteiger charge is -2.06. The van der Waals surface area contributed by atoms with E-state index in [-0.39, 0.29) is 36.6 Å². The van der Waals surface area contributed by atoms with Gasteiger partial charge in [0.15, 0.2) is 5.75 Å². The SMILES string of the molecule is COc1ccc(O)cc1.Oc1c(Cl)c(Cl)c(Cl)c(Cl)c1Cl. The van der Waals surface area contributed by atoms with Crippen LogP contribution in [-0.2, 0) is 0 Å². The van der Waals surface area contributed by atoms with E-state index < -0.39 is 0 Å². The first-order valence-electron chi connectivity index (χ1n) is 5.33. The zero-order valence-corrected chi connectivity index (χ0v) is 14.3. The molecule has 0 spiro atoms. The molecule has 2 rings (SSSR count). The number of phenols is 2. The van der Waals surface area contributed by atoms with E-state index in [9.17, 15) is 5.11 Å². The highest BCUT2D eigenvalue weighted by atomic mass is 35.5. The fraction of sp³-hybridized carbons (Fsp3) is 0.0769. The number of halogens is 5. The van der Waals surface area contributed by atoms with E-state index in [1.165, 1.54) is 0 Å². The number of aromatic hydroxyl groups is 2. The molecule has 0 heterocycles. The van der Waals surface area contributed by atoms with Crippen LogP contribution in [0.3, 0.4) is 0 Å². The molecule has 2 N–H and O–H groups in total. The van der Waals surface area contributed by atoms with Gasteiger partial charge in [-0.3, -0.25) is 0 Å². The Bertz CT molecular complexity index is 524. The summed E-state index contributed by atoms with van der Waals surface area (Å²) >= 11 is 27.9. The molecule has 114 valence electrons. The van der Waals surface area contributed by atoms with Gasteiger partial charge in [-0.25, -0.2) is 0 Å². The minimum Gasteiger partial charge on any atom is -0.508 e. The van der Waals surface area contributed by atoms with Gasteiger partial charge in [0.2, 0.25) is 0 Å². The highest BCUT2D eigenvalue weighted by Gasteiger charge is 2.18. The van der Waals surface area contributed by atoms with Gasteiger partial charge in [0.25, 0.3) is 0 Å². The highest BCUT2D eigenvalue weighted by molar-refractivity contribution is 6.55. The molecule has 0 aliphatic rings. The molecule has 0 aliphatic carbocycles. The van der Waals surface area contributed by atoms with Gasteiger partial charge in [0, 0.05) is 0 Å². The summed E-state index contributed by atoms with van der Waals surface area (Å²) in [5.41, 5.74) is 0. The summed E-state index contributed by atoms with van der Waals surface area (Å²) in [7, 11) is 1.59. The van der Waals surface area contributed by atoms with E-state index in [1.54, 1.807) is 31.4 Å². The van der Waals surface area contributed by atoms with Crippen LogP contribution in [0.5, 0.6) is 17.2 Å². The van der Waals surface area contributed by atoms with E-state index in [0.29, 0.717) is 0 Å². The molecule has 0 amide bonds. The van der Waals surface area contributed by atoms with Crippen LogP contribution in [0.2, 0.25) is 25.1 Å². The van der Waals surface area contributed by atoms with Crippen LogP contribution in [0, 0.1) is 0 Å². The predicted molar refractivity (Wildman–Crippen MR) is 87.8 cm³/mol. The molecule has 3 nitrogen and oxygen atoms in total. The standard InChI is InChI=1S/C7H8O2.C6HCl5O/c1-9-7-4-2-6(8)3-5-7;7-1-2(8)4(10)6(12)5(11)3(1)9/h2-5,8H,1H3;12H. The predicted octanol–water partition coefficient (Wildman–Crippen LogP) is 6.06. The first-order chi connectivity index (χ1) is 9.79. The second kappa shape index (κ2) is 8.06. The van der Waals surface area contributed by atoms with Gasteiger partial charge >= 0.3 is 0 Å². The Morgan fingerprint density at radius 3 is 1.48 bits per heavy atom. The van der Waals surface area contributed by atoms with Crippen molar-refractivity contribution in [1.82, 2.24) is 0 Å². The Balaban J connectivity index is 0.000000219. The Kier molecular flexibility index (Phi) is 7.04. The molecule has 0 saturated heterocycles. The molecular formula is C13H9Cl5O3. The minimum atomic E-state index is -0.363. The van der Waals surface area contributed by atoms with Crippen molar-refractivity contribution in [3.8, 4) is 17.2 Å². The topological polar surface area (TPSA) is 49.7 Å². The van der Waals surface area contributed by atoms with Crippen molar-refractivity contribution in [2.75, 3.05) is 7.11 Å². The van der Waals surface area contributed by atoms with Crippen LogP contribution in [-0.4, -0.2) is 17.3 Å². The summed E-state index contributed by atoms with van der Waals surface area (Å²) in [6.45, 7) is 0. The number of phenolic OH excluding ortho intramolecular Hbond substituents is 2. The maximum absolute atomic E-state index is 9.20. The Hall–Kier alpha value is -0.710. The van der Waals surface area contributed by atoms with Crippen molar-refractivity contribution in [2.24, 2.45) is 0 Å². The number of hydrogen-bond acceptors (Lipinski definition) is 3. The first-order valence-corrected chi connectivity index (χ1v) is 7.22. The minimum absolute atomic E-state index is 0.00904. The van der Waals surface area contributed by atoms with E-state index in [4.69, 9.17) is 67.8 Å². The molecule has 0 aromatic heterocycles. The smallest absolute Gasteiger partial charge is 0.155 e. The molecular weight excluding hydrogens is 381 g/mol. The maximum atomic E-state index is 9.20. The molecule has 0 saturated carbocycles. The van der Waals surface area contributed by atoms with Crippen molar-refractivity contribution >= 4 is 58.0 Å². The van der Waals surface area contributed by atoms with E-state index in [1.807, 2.05) is 0 Å². The summed E-state index contributed by atoms with van der Waals surface area (Å²) in [6, 6.07) is 6.57. The van der Waals surface area contributed by atoms with Crippen molar-refractivity contribution in [1.29, 1.82) is 0 Å². The van der Waals surface area contributed by atoms with Crippen LogP contribution >= 0.6 is 58.0 Å². The van der Waals surface area contributed by atoms with Gasteiger partial charge in [-0.2, -0.15) is 0 Å². The average Bonchev–Trinajstić information content (AvgIpc) is 2.50. The third-order valence-electron chi connectivity index (χ3n) is 2.26. The second-order valence-electron chi connectivity index (χ2n) is 3.62. The Labute approximate surface area is 146 Å². The number of ether oxygens (including phenoxy) is 1. The maximum Gasteiger partial charge on any atom is 0.155 e. The van der Waals surface area contributed by atoms with Crippen LogP contribution in [0.4, 0.5) is 0 Å². The molecule has 0 aliphatic heterocycles. The molecule has 8 heteroatoms. The van der Waals surface area contributed by atoms with Crippen LogP contribution < -0.4 is 4.74 Å². The van der Waals surface area contributed by atoms with E-state index in [0.717, 1.165) is 5.75 Å². The first kappa shape index (κ1) is 18.3. The zero-order valence-electron chi connectivity index (χ0n) is 10.5. The number of rotatable bonds is 1. The van der Waals surface area contributed by atoms with Crippen molar-refractivity contribution in [2.45, 2.75) is 0 Å². The fourth-order valence-corrected chi connectivity index (χ4v) is 2.30. The highest BCUT2D eigenvalue weighted by Crippen LogP contribution is 2.47. The van der Waals surface area contributed by atoms with Gasteiger partial charge in [-0.1, -0.05) is 58.0 Å². The molecule has 0 radical (unpaired) electrons. The number of hydrogen-bond donors (Lipinski definition) is 2. The van der Waals surface area contributed by atoms with Crippen LogP contribution in [0.15, 0.2) is 24.3 Å². The monoisotopic (exact) mass is 388 g/mol. The summed E-state index contributed by atoms with van der Waals surface area (Å²) in [5, 5.41) is 17.8. The summed E-state index contributed by atoms with van der Waals surface area (Å²) in [5.74, 6) is 0.654. The molecule has 0 fully saturated rings. The van der Waals surface area contributed by atoms with Gasteiger partial charge in [0.05, 0.1) is 22.2 Å². The fourth-order valence-electron chi connectivity index (χ4n) is 1.18. The largest absolute Gasteiger partial charge is 0.508 e. The number of benzene rings is 2.